The molecule has 0 radical (unpaired) electrons. The van der Waals surface area contributed by atoms with Crippen LogP contribution in [0.15, 0.2) is 66.7 Å². The van der Waals surface area contributed by atoms with Crippen molar-refractivity contribution in [1.82, 2.24) is 5.32 Å². The molecule has 3 aromatic carbocycles. The number of amidine groups is 1. The molecule has 1 amide bonds. The van der Waals surface area contributed by atoms with Crippen molar-refractivity contribution in [3.8, 4) is 5.75 Å². The lowest BCUT2D eigenvalue weighted by molar-refractivity contribution is -0.142. The molecule has 1 saturated heterocycles. The number of nitrogens with two attached hydrogens (primary N) is 1. The number of nitrogens with one attached hydrogen (secondary N) is 2. The fourth-order valence-corrected chi connectivity index (χ4v) is 5.04. The van der Waals surface area contributed by atoms with Crippen LogP contribution in [0.4, 0.5) is 5.69 Å². The summed E-state index contributed by atoms with van der Waals surface area (Å²) in [5.74, 6) is -0.259. The van der Waals surface area contributed by atoms with Gasteiger partial charge in [0.25, 0.3) is 0 Å². The first-order valence-electron chi connectivity index (χ1n) is 14.2. The van der Waals surface area contributed by atoms with Gasteiger partial charge in [-0.25, -0.2) is 0 Å². The Morgan fingerprint density at radius 1 is 1.07 bits per heavy atom. The number of hydrogen-bond donors (Lipinski definition) is 3. The number of ketones is 1. The molecular formula is C33H38N4O5. The number of carbonyl (C=O) groups is 3. The number of anilines is 1. The van der Waals surface area contributed by atoms with Crippen LogP contribution in [0.25, 0.3) is 0 Å². The fraction of sp³-hybridized carbons (Fsp3) is 0.333. The summed E-state index contributed by atoms with van der Waals surface area (Å²) in [5, 5.41) is 11.1. The Kier molecular flexibility index (Phi) is 10.4. The molecule has 1 fully saturated rings. The third-order valence-corrected chi connectivity index (χ3v) is 7.31. The Hall–Kier alpha value is -4.50. The normalized spacial score (nSPS) is 14.3. The first kappa shape index (κ1) is 30.5. The van der Waals surface area contributed by atoms with Crippen LogP contribution in [-0.2, 0) is 27.4 Å². The van der Waals surface area contributed by atoms with Gasteiger partial charge in [0.15, 0.2) is 5.78 Å². The number of amides is 1. The van der Waals surface area contributed by atoms with Crippen molar-refractivity contribution in [2.45, 2.75) is 39.7 Å². The van der Waals surface area contributed by atoms with E-state index in [1.807, 2.05) is 43.3 Å². The topological polar surface area (TPSA) is 135 Å². The van der Waals surface area contributed by atoms with E-state index in [0.717, 1.165) is 24.1 Å². The lowest BCUT2D eigenvalue weighted by Crippen LogP contribution is -2.35. The molecule has 3 aromatic rings. The second kappa shape index (κ2) is 14.4. The molecule has 0 aliphatic carbocycles. The molecule has 0 spiro atoms. The van der Waals surface area contributed by atoms with Gasteiger partial charge < -0.3 is 25.4 Å². The van der Waals surface area contributed by atoms with Gasteiger partial charge in [-0.05, 0) is 74.3 Å². The van der Waals surface area contributed by atoms with E-state index in [-0.39, 0.29) is 49.4 Å². The van der Waals surface area contributed by atoms with E-state index in [1.54, 1.807) is 37.3 Å². The number of Topliss-reactive ketones (excluding diaryl/α,β-unsaturated/α-hetero) is 1. The molecular weight excluding hydrogens is 532 g/mol. The lowest BCUT2D eigenvalue weighted by Gasteiger charge is -2.24. The minimum Gasteiger partial charge on any atom is -0.489 e. The van der Waals surface area contributed by atoms with E-state index in [4.69, 9.17) is 20.6 Å². The van der Waals surface area contributed by atoms with Crippen LogP contribution in [-0.4, -0.2) is 49.7 Å². The van der Waals surface area contributed by atoms with Crippen molar-refractivity contribution in [2.75, 3.05) is 31.1 Å². The number of carbonyl (C=O) groups excluding carboxylic acids is 3. The smallest absolute Gasteiger partial charge is 0.307 e. The maximum atomic E-state index is 13.9. The number of benzene rings is 3. The van der Waals surface area contributed by atoms with Crippen molar-refractivity contribution >= 4 is 29.2 Å². The van der Waals surface area contributed by atoms with Gasteiger partial charge in [-0.2, -0.15) is 0 Å². The molecule has 0 aromatic heterocycles. The molecule has 0 saturated carbocycles. The Labute approximate surface area is 246 Å². The van der Waals surface area contributed by atoms with E-state index in [9.17, 15) is 14.4 Å². The summed E-state index contributed by atoms with van der Waals surface area (Å²) >= 11 is 0. The summed E-state index contributed by atoms with van der Waals surface area (Å²) < 4.78 is 11.2. The van der Waals surface area contributed by atoms with Crippen LogP contribution in [0.5, 0.6) is 5.75 Å². The van der Waals surface area contributed by atoms with Crippen molar-refractivity contribution in [2.24, 2.45) is 11.7 Å². The van der Waals surface area contributed by atoms with Gasteiger partial charge >= 0.3 is 5.97 Å². The number of nitrogens with zero attached hydrogens (tertiary/aromatic N) is 1. The summed E-state index contributed by atoms with van der Waals surface area (Å²) in [6, 6.07) is 20.1. The molecule has 1 aliphatic rings. The monoisotopic (exact) mass is 570 g/mol. The van der Waals surface area contributed by atoms with Gasteiger partial charge in [0.05, 0.1) is 19.4 Å². The number of esters is 1. The second-order valence-electron chi connectivity index (χ2n) is 10.3. The molecule has 1 aliphatic heterocycles. The third kappa shape index (κ3) is 7.82. The predicted octanol–water partition coefficient (Wildman–Crippen LogP) is 4.18. The maximum Gasteiger partial charge on any atom is 0.307 e. The minimum absolute atomic E-state index is 0.0118. The quantitative estimate of drug-likeness (QED) is 0.121. The molecule has 42 heavy (non-hydrogen) atoms. The molecule has 4 N–H and O–H groups in total. The maximum absolute atomic E-state index is 13.9. The number of rotatable bonds is 13. The van der Waals surface area contributed by atoms with Crippen LogP contribution in [0.2, 0.25) is 0 Å². The molecule has 1 heterocycles. The molecule has 1 unspecified atom stereocenters. The van der Waals surface area contributed by atoms with Crippen LogP contribution in [0.1, 0.15) is 52.4 Å². The lowest BCUT2D eigenvalue weighted by atomic mass is 9.93. The van der Waals surface area contributed by atoms with Crippen LogP contribution in [0, 0.1) is 18.3 Å². The van der Waals surface area contributed by atoms with Crippen molar-refractivity contribution in [3.05, 3.63) is 94.5 Å². The van der Waals surface area contributed by atoms with Gasteiger partial charge in [0, 0.05) is 41.4 Å². The zero-order valence-electron chi connectivity index (χ0n) is 24.2. The Morgan fingerprint density at radius 2 is 1.86 bits per heavy atom. The molecule has 4 rings (SSSR count). The fourth-order valence-electron chi connectivity index (χ4n) is 5.04. The van der Waals surface area contributed by atoms with E-state index >= 15 is 0 Å². The standard InChI is InChI=1S/C33H38N4O5/c1-3-41-31(39)14-16-37(27-10-11-28(22(2)17-27)32(40)25-13-15-36-20-25)30(38)19-26-18-24(33(34)35)9-12-29(26)42-21-23-7-5-4-6-8-23/h4-12,17-18,25,36H,3,13-16,19-21H2,1-2H3,(H3,34,35). The Bertz CT molecular complexity index is 1430. The number of ether oxygens (including phenoxy) is 2. The molecule has 0 bridgehead atoms. The third-order valence-electron chi connectivity index (χ3n) is 7.31. The van der Waals surface area contributed by atoms with Gasteiger partial charge in [0.1, 0.15) is 18.2 Å². The SMILES string of the molecule is CCOC(=O)CCN(C(=O)Cc1cc(C(=N)N)ccc1OCc1ccccc1)c1ccc(C(=O)C2CCNC2)c(C)c1. The zero-order chi connectivity index (χ0) is 30.1. The highest BCUT2D eigenvalue weighted by atomic mass is 16.5. The van der Waals surface area contributed by atoms with Crippen LogP contribution >= 0.6 is 0 Å². The van der Waals surface area contributed by atoms with E-state index in [2.05, 4.69) is 5.32 Å². The van der Waals surface area contributed by atoms with E-state index in [0.29, 0.717) is 41.3 Å². The van der Waals surface area contributed by atoms with Crippen molar-refractivity contribution in [1.29, 1.82) is 5.41 Å². The summed E-state index contributed by atoms with van der Waals surface area (Å²) in [6.07, 6.45) is 0.762. The average molecular weight is 571 g/mol. The number of aryl methyl sites for hydroxylation is 1. The highest BCUT2D eigenvalue weighted by Gasteiger charge is 2.26. The van der Waals surface area contributed by atoms with E-state index in [1.165, 1.54) is 4.90 Å². The van der Waals surface area contributed by atoms with Crippen molar-refractivity contribution < 1.29 is 23.9 Å². The summed E-state index contributed by atoms with van der Waals surface area (Å²) in [4.78, 5) is 40.7. The number of hydrogen-bond acceptors (Lipinski definition) is 7. The molecule has 220 valence electrons. The summed E-state index contributed by atoms with van der Waals surface area (Å²) in [5.41, 5.74) is 9.76. The highest BCUT2D eigenvalue weighted by Crippen LogP contribution is 2.27. The molecule has 1 atom stereocenters. The van der Waals surface area contributed by atoms with Gasteiger partial charge in [0.2, 0.25) is 5.91 Å². The van der Waals surface area contributed by atoms with Crippen molar-refractivity contribution in [3.63, 3.8) is 0 Å². The van der Waals surface area contributed by atoms with Crippen LogP contribution in [0.3, 0.4) is 0 Å². The zero-order valence-corrected chi connectivity index (χ0v) is 24.2. The highest BCUT2D eigenvalue weighted by molar-refractivity contribution is 6.01. The first-order chi connectivity index (χ1) is 20.3. The van der Waals surface area contributed by atoms with E-state index < -0.39 is 5.97 Å². The van der Waals surface area contributed by atoms with Gasteiger partial charge in [-0.3, -0.25) is 19.8 Å². The largest absolute Gasteiger partial charge is 0.489 e. The minimum atomic E-state index is -0.405. The number of nitrogen functional groups attached to an aromatic ring is 1. The first-order valence-corrected chi connectivity index (χ1v) is 14.2. The second-order valence-corrected chi connectivity index (χ2v) is 10.3. The summed E-state index contributed by atoms with van der Waals surface area (Å²) in [6.45, 7) is 5.74. The Morgan fingerprint density at radius 3 is 2.52 bits per heavy atom. The molecule has 9 nitrogen and oxygen atoms in total. The molecule has 9 heteroatoms. The summed E-state index contributed by atoms with van der Waals surface area (Å²) in [7, 11) is 0. The average Bonchev–Trinajstić information content (AvgIpc) is 3.52. The van der Waals surface area contributed by atoms with Gasteiger partial charge in [-0.15, -0.1) is 0 Å². The van der Waals surface area contributed by atoms with Crippen LogP contribution < -0.4 is 20.7 Å². The van der Waals surface area contributed by atoms with Gasteiger partial charge in [-0.1, -0.05) is 30.3 Å². The predicted molar refractivity (Wildman–Crippen MR) is 162 cm³/mol. The Balaban J connectivity index is 1.61.